The molecule has 2 aliphatic heterocycles. The molecule has 226 valence electrons. The van der Waals surface area contributed by atoms with Gasteiger partial charge in [0.2, 0.25) is 11.8 Å². The first-order valence-electron chi connectivity index (χ1n) is 13.7. The lowest BCUT2D eigenvalue weighted by molar-refractivity contribution is -0.145. The van der Waals surface area contributed by atoms with Crippen molar-refractivity contribution in [2.24, 2.45) is 17.8 Å². The molecular formula is C31H28BrCl2FN2O6. The number of alkyl halides is 2. The fourth-order valence-corrected chi connectivity index (χ4v) is 8.76. The number of carbonyl (C=O) groups is 4. The van der Waals surface area contributed by atoms with Crippen molar-refractivity contribution in [3.05, 3.63) is 63.9 Å². The normalized spacial score (nSPS) is 32.0. The molecule has 6 unspecified atom stereocenters. The van der Waals surface area contributed by atoms with Crippen LogP contribution in [0.25, 0.3) is 0 Å². The summed E-state index contributed by atoms with van der Waals surface area (Å²) < 4.78 is 19.7. The highest BCUT2D eigenvalue weighted by Crippen LogP contribution is 2.67. The number of phenolic OH excluding ortho intramolecular Hbond substituents is 1. The number of phenols is 1. The van der Waals surface area contributed by atoms with Crippen molar-refractivity contribution in [3.63, 3.8) is 0 Å². The molecule has 1 N–H and O–H groups in total. The first kappa shape index (κ1) is 30.1. The Bertz CT molecular complexity index is 1640. The number of ether oxygens (including phenoxy) is 1. The number of anilines is 1. The van der Waals surface area contributed by atoms with Gasteiger partial charge in [-0.3, -0.25) is 24.1 Å². The van der Waals surface area contributed by atoms with Gasteiger partial charge < -0.3 is 9.84 Å². The van der Waals surface area contributed by atoms with E-state index >= 15 is 0 Å². The van der Waals surface area contributed by atoms with Gasteiger partial charge in [-0.25, -0.2) is 9.29 Å². The van der Waals surface area contributed by atoms with Gasteiger partial charge in [0.15, 0.2) is 21.2 Å². The Morgan fingerprint density at radius 2 is 1.67 bits per heavy atom. The molecule has 2 aromatic rings. The summed E-state index contributed by atoms with van der Waals surface area (Å²) in [7, 11) is 1.37. The Kier molecular flexibility index (Phi) is 6.84. The quantitative estimate of drug-likeness (QED) is 0.253. The van der Waals surface area contributed by atoms with E-state index in [1.807, 2.05) is 0 Å². The lowest BCUT2D eigenvalue weighted by Crippen LogP contribution is -2.60. The van der Waals surface area contributed by atoms with Gasteiger partial charge in [-0.2, -0.15) is 0 Å². The van der Waals surface area contributed by atoms with Gasteiger partial charge in [0.25, 0.3) is 11.8 Å². The van der Waals surface area contributed by atoms with Crippen molar-refractivity contribution < 1.29 is 33.4 Å². The Morgan fingerprint density at radius 1 is 1.02 bits per heavy atom. The van der Waals surface area contributed by atoms with Gasteiger partial charge in [-0.1, -0.05) is 27.6 Å². The molecule has 2 aromatic carbocycles. The van der Waals surface area contributed by atoms with Crippen LogP contribution in [0.1, 0.15) is 45.1 Å². The molecule has 6 atom stereocenters. The Morgan fingerprint density at radius 3 is 2.28 bits per heavy atom. The van der Waals surface area contributed by atoms with E-state index in [4.69, 9.17) is 27.9 Å². The molecule has 1 saturated carbocycles. The summed E-state index contributed by atoms with van der Waals surface area (Å²) in [6.07, 6.45) is 1.77. The Hall–Kier alpha value is -2.95. The first-order valence-corrected chi connectivity index (χ1v) is 15.3. The third-order valence-electron chi connectivity index (χ3n) is 9.17. The van der Waals surface area contributed by atoms with Crippen LogP contribution in [0, 0.1) is 23.6 Å². The SMILES string of the molecule is COc1cc(Br)cc(C2C3=CCC4C(=O)N(C(C)(C)C)C(=O)C4C3CC3(Cl)C(=O)N(c4ccc(F)cc4)C(=O)C23Cl)c1O. The maximum Gasteiger partial charge on any atom is 0.258 e. The molecule has 8 nitrogen and oxygen atoms in total. The third-order valence-corrected chi connectivity index (χ3v) is 11.0. The molecule has 0 bridgehead atoms. The monoisotopic (exact) mass is 692 g/mol. The summed E-state index contributed by atoms with van der Waals surface area (Å²) >= 11 is 18.1. The zero-order valence-electron chi connectivity index (χ0n) is 23.7. The molecule has 6 rings (SSSR count). The first-order chi connectivity index (χ1) is 20.1. The molecule has 4 aliphatic rings. The average Bonchev–Trinajstić information content (AvgIpc) is 3.28. The average molecular weight is 694 g/mol. The smallest absolute Gasteiger partial charge is 0.258 e. The molecule has 4 amide bonds. The van der Waals surface area contributed by atoms with E-state index in [2.05, 4.69) is 15.9 Å². The maximum absolute atomic E-state index is 14.4. The highest BCUT2D eigenvalue weighted by molar-refractivity contribution is 9.10. The molecule has 0 radical (unpaired) electrons. The van der Waals surface area contributed by atoms with Gasteiger partial charge in [-0.15, -0.1) is 23.2 Å². The van der Waals surface area contributed by atoms with Crippen molar-refractivity contribution in [2.45, 2.75) is 54.8 Å². The van der Waals surface area contributed by atoms with Gasteiger partial charge in [0, 0.05) is 21.5 Å². The summed E-state index contributed by atoms with van der Waals surface area (Å²) in [6.45, 7) is 5.32. The van der Waals surface area contributed by atoms with E-state index in [1.54, 1.807) is 32.9 Å². The number of carbonyl (C=O) groups excluding carboxylic acids is 4. The fraction of sp³-hybridized carbons (Fsp3) is 0.419. The second-order valence-electron chi connectivity index (χ2n) is 12.5. The summed E-state index contributed by atoms with van der Waals surface area (Å²) in [5, 5.41) is 11.4. The lowest BCUT2D eigenvalue weighted by atomic mass is 9.56. The van der Waals surface area contributed by atoms with Crippen LogP contribution in [0.3, 0.4) is 0 Å². The Labute approximate surface area is 265 Å². The number of imide groups is 2. The minimum absolute atomic E-state index is 0.0708. The number of amides is 4. The van der Waals surface area contributed by atoms with Crippen molar-refractivity contribution >= 4 is 68.4 Å². The predicted molar refractivity (Wildman–Crippen MR) is 161 cm³/mol. The second-order valence-corrected chi connectivity index (χ2v) is 14.6. The zero-order chi connectivity index (χ0) is 31.4. The highest BCUT2D eigenvalue weighted by Gasteiger charge is 2.77. The van der Waals surface area contributed by atoms with Crippen LogP contribution in [0.4, 0.5) is 10.1 Å². The number of rotatable bonds is 3. The minimum atomic E-state index is -2.17. The molecule has 0 aromatic heterocycles. The molecule has 2 aliphatic carbocycles. The number of likely N-dealkylation sites (tertiary alicyclic amines) is 1. The summed E-state index contributed by atoms with van der Waals surface area (Å²) in [4.78, 5) is 54.1. The molecule has 2 heterocycles. The van der Waals surface area contributed by atoms with Crippen LogP contribution in [0.5, 0.6) is 11.5 Å². The molecule has 0 spiro atoms. The van der Waals surface area contributed by atoms with Gasteiger partial charge >= 0.3 is 0 Å². The Balaban J connectivity index is 1.60. The van der Waals surface area contributed by atoms with Crippen molar-refractivity contribution in [2.75, 3.05) is 12.0 Å². The number of fused-ring (bicyclic) bond motifs is 4. The van der Waals surface area contributed by atoms with E-state index in [1.165, 1.54) is 30.2 Å². The van der Waals surface area contributed by atoms with Gasteiger partial charge in [0.1, 0.15) is 5.82 Å². The summed E-state index contributed by atoms with van der Waals surface area (Å²) in [5.41, 5.74) is -0.0287. The molecule has 2 saturated heterocycles. The fourth-order valence-electron chi connectivity index (χ4n) is 7.38. The number of halogens is 4. The minimum Gasteiger partial charge on any atom is -0.504 e. The largest absolute Gasteiger partial charge is 0.504 e. The predicted octanol–water partition coefficient (Wildman–Crippen LogP) is 5.66. The van der Waals surface area contributed by atoms with Gasteiger partial charge in [0.05, 0.1) is 24.6 Å². The van der Waals surface area contributed by atoms with Crippen LogP contribution in [0.2, 0.25) is 0 Å². The van der Waals surface area contributed by atoms with E-state index in [-0.39, 0.29) is 47.4 Å². The number of aromatic hydroxyl groups is 1. The van der Waals surface area contributed by atoms with Crippen molar-refractivity contribution in [1.29, 1.82) is 0 Å². The second kappa shape index (κ2) is 9.78. The van der Waals surface area contributed by atoms with Crippen LogP contribution in [-0.2, 0) is 19.2 Å². The lowest BCUT2D eigenvalue weighted by Gasteiger charge is -2.50. The van der Waals surface area contributed by atoms with Crippen LogP contribution in [0.15, 0.2) is 52.5 Å². The number of nitrogens with zero attached hydrogens (tertiary/aromatic N) is 2. The van der Waals surface area contributed by atoms with Crippen LogP contribution >= 0.6 is 39.1 Å². The highest BCUT2D eigenvalue weighted by atomic mass is 79.9. The van der Waals surface area contributed by atoms with E-state index in [0.717, 1.165) is 17.0 Å². The van der Waals surface area contributed by atoms with E-state index < -0.39 is 56.6 Å². The number of hydrogen-bond donors (Lipinski definition) is 1. The standard InChI is InChI=1S/C31H28BrCl2FN2O6/c1-29(2,3)37-25(39)18-10-9-17-20(22(18)26(37)40)13-30(33)27(41)36(16-7-5-15(35)6-8-16)28(42)31(30,34)23(17)19-11-14(32)12-21(43-4)24(19)38/h5-9,11-12,18,20,22-23,38H,10,13H2,1-4H3. The number of hydrogen-bond acceptors (Lipinski definition) is 6. The van der Waals surface area contributed by atoms with Gasteiger partial charge in [-0.05, 0) is 75.9 Å². The van der Waals surface area contributed by atoms with E-state index in [0.29, 0.717) is 10.0 Å². The summed E-state index contributed by atoms with van der Waals surface area (Å²) in [5.74, 6) is -6.69. The molecule has 43 heavy (non-hydrogen) atoms. The van der Waals surface area contributed by atoms with Crippen LogP contribution < -0.4 is 9.64 Å². The van der Waals surface area contributed by atoms with Crippen LogP contribution in [-0.4, -0.2) is 56.0 Å². The molecule has 12 heteroatoms. The molecular weight excluding hydrogens is 666 g/mol. The number of allylic oxidation sites excluding steroid dienone is 2. The van der Waals surface area contributed by atoms with E-state index in [9.17, 15) is 28.7 Å². The van der Waals surface area contributed by atoms with Crippen molar-refractivity contribution in [3.8, 4) is 11.5 Å². The molecule has 3 fully saturated rings. The third kappa shape index (κ3) is 3.98. The maximum atomic E-state index is 14.4. The number of methoxy groups -OCH3 is 1. The topological polar surface area (TPSA) is 104 Å². The van der Waals surface area contributed by atoms with Crippen molar-refractivity contribution in [1.82, 2.24) is 4.90 Å². The zero-order valence-corrected chi connectivity index (χ0v) is 26.8. The number of benzene rings is 2. The summed E-state index contributed by atoms with van der Waals surface area (Å²) in [6, 6.07) is 7.88.